The quantitative estimate of drug-likeness (QED) is 0.267. The van der Waals surface area contributed by atoms with Crippen LogP contribution in [0.25, 0.3) is 0 Å². The smallest absolute Gasteiger partial charge is 0.307 e. The summed E-state index contributed by atoms with van der Waals surface area (Å²) >= 11 is 0. The maximum absolute atomic E-state index is 12.1. The molecule has 2 aromatic carbocycles. The minimum absolute atomic E-state index is 0.0271. The number of hydrogen-bond donors (Lipinski definition) is 1. The molecular formula is C32H48N2O7. The van der Waals surface area contributed by atoms with E-state index in [-0.39, 0.29) is 43.1 Å². The van der Waals surface area contributed by atoms with Crippen molar-refractivity contribution in [1.29, 1.82) is 0 Å². The number of aliphatic hydroxyl groups is 1. The molecule has 0 amide bonds. The van der Waals surface area contributed by atoms with E-state index in [0.717, 1.165) is 16.9 Å². The van der Waals surface area contributed by atoms with Gasteiger partial charge in [-0.05, 0) is 70.0 Å². The third-order valence-electron chi connectivity index (χ3n) is 6.75. The molecule has 1 N–H and O–H groups in total. The lowest BCUT2D eigenvalue weighted by atomic mass is 9.78. The third kappa shape index (κ3) is 12.5. The number of nitrogens with zero attached hydrogens (tertiary/aromatic N) is 2. The molecule has 2 unspecified atom stereocenters. The highest BCUT2D eigenvalue weighted by Crippen LogP contribution is 2.33. The molecule has 0 aromatic heterocycles. The molecular weight excluding hydrogens is 524 g/mol. The first-order chi connectivity index (χ1) is 19.4. The number of carbonyl (C=O) groups excluding carboxylic acids is 2. The van der Waals surface area contributed by atoms with Crippen LogP contribution in [0.15, 0.2) is 48.5 Å². The highest BCUT2D eigenvalue weighted by Gasteiger charge is 2.23. The summed E-state index contributed by atoms with van der Waals surface area (Å²) in [5.74, 6) is 0.790. The van der Waals surface area contributed by atoms with E-state index < -0.39 is 6.10 Å². The summed E-state index contributed by atoms with van der Waals surface area (Å²) in [4.78, 5) is 27.6. The van der Waals surface area contributed by atoms with Crippen LogP contribution in [-0.2, 0) is 24.5 Å². The Bertz CT molecular complexity index is 1050. The summed E-state index contributed by atoms with van der Waals surface area (Å²) in [5, 5.41) is 10.1. The predicted molar refractivity (Wildman–Crippen MR) is 159 cm³/mol. The lowest BCUT2D eigenvalue weighted by Crippen LogP contribution is -2.26. The van der Waals surface area contributed by atoms with Gasteiger partial charge in [0, 0.05) is 18.5 Å². The number of hydrogen-bond acceptors (Lipinski definition) is 9. The van der Waals surface area contributed by atoms with Crippen LogP contribution >= 0.6 is 0 Å². The van der Waals surface area contributed by atoms with Crippen molar-refractivity contribution in [3.05, 3.63) is 59.7 Å². The summed E-state index contributed by atoms with van der Waals surface area (Å²) in [7, 11) is 7.62. The Kier molecular flexibility index (Phi) is 14.1. The van der Waals surface area contributed by atoms with Gasteiger partial charge in [0.2, 0.25) is 0 Å². The van der Waals surface area contributed by atoms with E-state index in [1.807, 2.05) is 93.4 Å². The third-order valence-corrected chi connectivity index (χ3v) is 6.75. The predicted octanol–water partition coefficient (Wildman–Crippen LogP) is 3.90. The Labute approximate surface area is 245 Å². The van der Waals surface area contributed by atoms with Crippen molar-refractivity contribution in [3.63, 3.8) is 0 Å². The van der Waals surface area contributed by atoms with Crippen molar-refractivity contribution in [1.82, 2.24) is 9.80 Å². The highest BCUT2D eigenvalue weighted by atomic mass is 16.6. The van der Waals surface area contributed by atoms with Crippen molar-refractivity contribution in [3.8, 4) is 11.5 Å². The topological polar surface area (TPSA) is 97.8 Å². The molecule has 9 heteroatoms. The van der Waals surface area contributed by atoms with Gasteiger partial charge in [0.25, 0.3) is 0 Å². The molecule has 2 rings (SSSR count). The van der Waals surface area contributed by atoms with E-state index in [9.17, 15) is 14.7 Å². The van der Waals surface area contributed by atoms with Gasteiger partial charge in [-0.1, -0.05) is 45.0 Å². The first kappa shape index (κ1) is 34.1. The Balaban J connectivity index is 1.85. The van der Waals surface area contributed by atoms with Gasteiger partial charge in [-0.15, -0.1) is 0 Å². The summed E-state index contributed by atoms with van der Waals surface area (Å²) in [6, 6.07) is 15.7. The van der Waals surface area contributed by atoms with Crippen molar-refractivity contribution < 1.29 is 33.6 Å². The first-order valence-electron chi connectivity index (χ1n) is 14.2. The fourth-order valence-corrected chi connectivity index (χ4v) is 3.90. The molecule has 0 saturated carbocycles. The number of ether oxygens (including phenoxy) is 4. The monoisotopic (exact) mass is 572 g/mol. The summed E-state index contributed by atoms with van der Waals surface area (Å²) < 4.78 is 22.3. The number of esters is 2. The first-order valence-corrected chi connectivity index (χ1v) is 14.2. The molecule has 0 saturated heterocycles. The second kappa shape index (κ2) is 17.0. The Morgan fingerprint density at radius 3 is 1.68 bits per heavy atom. The van der Waals surface area contributed by atoms with E-state index in [0.29, 0.717) is 38.3 Å². The lowest BCUT2D eigenvalue weighted by molar-refractivity contribution is -0.151. The molecule has 9 nitrogen and oxygen atoms in total. The summed E-state index contributed by atoms with van der Waals surface area (Å²) in [6.45, 7) is 7.76. The Hall–Kier alpha value is -3.14. The van der Waals surface area contributed by atoms with E-state index in [2.05, 4.69) is 13.8 Å². The zero-order valence-corrected chi connectivity index (χ0v) is 25.7. The van der Waals surface area contributed by atoms with Gasteiger partial charge in [0.05, 0.1) is 12.8 Å². The van der Waals surface area contributed by atoms with Gasteiger partial charge in [-0.3, -0.25) is 9.59 Å². The van der Waals surface area contributed by atoms with Gasteiger partial charge in [-0.2, -0.15) is 0 Å². The fraction of sp³-hybridized carbons (Fsp3) is 0.562. The van der Waals surface area contributed by atoms with Crippen LogP contribution in [0.5, 0.6) is 11.5 Å². The molecule has 0 heterocycles. The van der Waals surface area contributed by atoms with Crippen molar-refractivity contribution in [2.75, 3.05) is 61.1 Å². The second-order valence-corrected chi connectivity index (χ2v) is 11.3. The van der Waals surface area contributed by atoms with Gasteiger partial charge >= 0.3 is 11.9 Å². The average molecular weight is 573 g/mol. The lowest BCUT2D eigenvalue weighted by Gasteiger charge is -2.26. The average Bonchev–Trinajstić information content (AvgIpc) is 2.95. The molecule has 0 bridgehead atoms. The maximum atomic E-state index is 12.1. The van der Waals surface area contributed by atoms with Crippen LogP contribution in [0, 0.1) is 0 Å². The molecule has 0 radical (unpaired) electrons. The molecule has 0 fully saturated rings. The van der Waals surface area contributed by atoms with Crippen molar-refractivity contribution >= 4 is 11.9 Å². The molecule has 228 valence electrons. The van der Waals surface area contributed by atoms with Gasteiger partial charge in [-0.25, -0.2) is 0 Å². The summed E-state index contributed by atoms with van der Waals surface area (Å²) in [6.07, 6.45) is 0.129. The number of aliphatic hydroxyl groups excluding tert-OH is 1. The largest absolute Gasteiger partial charge is 0.491 e. The molecule has 0 aliphatic carbocycles. The molecule has 2 atom stereocenters. The van der Waals surface area contributed by atoms with Gasteiger partial charge in [0.1, 0.15) is 43.5 Å². The molecule has 0 spiro atoms. The van der Waals surface area contributed by atoms with Crippen LogP contribution in [0.3, 0.4) is 0 Å². The van der Waals surface area contributed by atoms with Crippen molar-refractivity contribution in [2.24, 2.45) is 0 Å². The van der Waals surface area contributed by atoms with E-state index in [4.69, 9.17) is 18.9 Å². The van der Waals surface area contributed by atoms with Crippen LogP contribution in [-0.4, -0.2) is 100 Å². The highest BCUT2D eigenvalue weighted by molar-refractivity contribution is 5.70. The molecule has 41 heavy (non-hydrogen) atoms. The SMILES string of the molecule is CCC(COc1ccc(C(C)(C)c2ccc(OCC(O)COC(=O)CCN(C)C)cc2)cc1)OC(=O)CCN(C)C. The molecule has 0 aliphatic heterocycles. The van der Waals surface area contributed by atoms with Gasteiger partial charge in [0.15, 0.2) is 0 Å². The van der Waals surface area contributed by atoms with Crippen molar-refractivity contribution in [2.45, 2.75) is 57.7 Å². The zero-order chi connectivity index (χ0) is 30.4. The normalized spacial score (nSPS) is 13.1. The Morgan fingerprint density at radius 2 is 1.22 bits per heavy atom. The minimum atomic E-state index is -0.905. The van der Waals surface area contributed by atoms with E-state index in [1.54, 1.807) is 0 Å². The second-order valence-electron chi connectivity index (χ2n) is 11.3. The van der Waals surface area contributed by atoms with E-state index in [1.165, 1.54) is 0 Å². The van der Waals surface area contributed by atoms with E-state index >= 15 is 0 Å². The number of carbonyl (C=O) groups is 2. The van der Waals surface area contributed by atoms with Crippen LogP contribution in [0.1, 0.15) is 51.2 Å². The summed E-state index contributed by atoms with van der Waals surface area (Å²) in [5.41, 5.74) is 1.95. The van der Waals surface area contributed by atoms with Crippen LogP contribution in [0.2, 0.25) is 0 Å². The number of rotatable bonds is 18. The van der Waals surface area contributed by atoms with Crippen LogP contribution < -0.4 is 9.47 Å². The fourth-order valence-electron chi connectivity index (χ4n) is 3.90. The van der Waals surface area contributed by atoms with Crippen LogP contribution in [0.4, 0.5) is 0 Å². The number of benzene rings is 2. The standard InChI is InChI=1S/C32H48N2O7/c1-8-27(41-31(37)18-20-34(6)7)23-39-29-15-11-25(12-16-29)32(2,3)24-9-13-28(14-10-24)38-21-26(35)22-40-30(36)17-19-33(4)5/h9-16,26-27,35H,8,17-23H2,1-7H3. The minimum Gasteiger partial charge on any atom is -0.491 e. The Morgan fingerprint density at radius 1 is 0.756 bits per heavy atom. The maximum Gasteiger partial charge on any atom is 0.307 e. The zero-order valence-electron chi connectivity index (χ0n) is 25.7. The van der Waals surface area contributed by atoms with Gasteiger partial charge < -0.3 is 33.9 Å². The molecule has 0 aliphatic rings. The molecule has 2 aromatic rings.